The summed E-state index contributed by atoms with van der Waals surface area (Å²) in [5, 5.41) is 0. The number of hydrogen-bond acceptors (Lipinski definition) is 6. The highest BCUT2D eigenvalue weighted by molar-refractivity contribution is 5.70. The molecule has 0 aromatic rings. The molecule has 0 heterocycles. The van der Waals surface area contributed by atoms with Crippen molar-refractivity contribution in [1.29, 1.82) is 0 Å². The molecule has 6 heteroatoms. The first-order chi connectivity index (χ1) is 12.3. The maximum Gasteiger partial charge on any atom is 0.332 e. The second-order valence-electron chi connectivity index (χ2n) is 5.88. The monoisotopic (exact) mass is 362 g/mol. The lowest BCUT2D eigenvalue weighted by atomic mass is 10.1. The first-order valence-electron chi connectivity index (χ1n) is 9.77. The second-order valence-corrected chi connectivity index (χ2v) is 5.88. The molecule has 0 fully saturated rings. The van der Waals surface area contributed by atoms with E-state index in [4.69, 9.17) is 23.7 Å². The van der Waals surface area contributed by atoms with E-state index in [1.54, 1.807) is 0 Å². The van der Waals surface area contributed by atoms with Crippen LogP contribution in [0.4, 0.5) is 0 Å². The number of carbonyl (C=O) groups is 1. The normalized spacial score (nSPS) is 11.0. The maximum absolute atomic E-state index is 11.1. The molecule has 6 nitrogen and oxygen atoms in total. The van der Waals surface area contributed by atoms with Gasteiger partial charge in [0.2, 0.25) is 0 Å². The fourth-order valence-corrected chi connectivity index (χ4v) is 2.06. The average molecular weight is 363 g/mol. The van der Waals surface area contributed by atoms with E-state index in [0.29, 0.717) is 46.2 Å². The van der Waals surface area contributed by atoms with Gasteiger partial charge in [-0.05, 0) is 12.8 Å². The largest absolute Gasteiger partial charge is 0.464 e. The Labute approximate surface area is 153 Å². The molecule has 0 rings (SSSR count). The third-order valence-electron chi connectivity index (χ3n) is 3.45. The Morgan fingerprint density at radius 3 is 1.68 bits per heavy atom. The van der Waals surface area contributed by atoms with Crippen molar-refractivity contribution in [3.8, 4) is 0 Å². The Bertz CT molecular complexity index is 273. The predicted octanol–water partition coefficient (Wildman–Crippen LogP) is 3.37. The fraction of sp³-hybridized carbons (Fsp3) is 0.947. The molecule has 0 aliphatic rings. The van der Waals surface area contributed by atoms with E-state index >= 15 is 0 Å². The van der Waals surface area contributed by atoms with E-state index in [1.165, 1.54) is 32.1 Å². The molecule has 0 saturated heterocycles. The van der Waals surface area contributed by atoms with Gasteiger partial charge in [0.1, 0.15) is 6.61 Å². The molecule has 150 valence electrons. The summed E-state index contributed by atoms with van der Waals surface area (Å²) < 4.78 is 26.3. The van der Waals surface area contributed by atoms with Crippen LogP contribution in [0.5, 0.6) is 0 Å². The number of hydrogen-bond donors (Lipinski definition) is 0. The molecule has 25 heavy (non-hydrogen) atoms. The summed E-state index contributed by atoms with van der Waals surface area (Å²) in [6, 6.07) is 0. The standard InChI is InChI=1S/C19H38O6/c1-3-5-6-7-8-9-11-21-12-13-22-14-15-23-16-17-24-18-19(20)25-10-4-2/h3-18H2,1-2H3. The van der Waals surface area contributed by atoms with Crippen molar-refractivity contribution in [3.63, 3.8) is 0 Å². The Kier molecular flexibility index (Phi) is 20.8. The zero-order valence-electron chi connectivity index (χ0n) is 16.3. The van der Waals surface area contributed by atoms with Crippen LogP contribution in [0.1, 0.15) is 58.8 Å². The number of esters is 1. The van der Waals surface area contributed by atoms with Crippen molar-refractivity contribution in [3.05, 3.63) is 0 Å². The number of carbonyl (C=O) groups excluding carboxylic acids is 1. The summed E-state index contributed by atoms with van der Waals surface area (Å²) in [6.07, 6.45) is 8.50. The van der Waals surface area contributed by atoms with Gasteiger partial charge in [-0.15, -0.1) is 0 Å². The van der Waals surface area contributed by atoms with Crippen LogP contribution in [0.2, 0.25) is 0 Å². The van der Waals surface area contributed by atoms with E-state index in [1.807, 2.05) is 6.92 Å². The van der Waals surface area contributed by atoms with Gasteiger partial charge < -0.3 is 23.7 Å². The Morgan fingerprint density at radius 1 is 0.560 bits per heavy atom. The smallest absolute Gasteiger partial charge is 0.332 e. The van der Waals surface area contributed by atoms with E-state index in [9.17, 15) is 4.79 Å². The summed E-state index contributed by atoms with van der Waals surface area (Å²) >= 11 is 0. The van der Waals surface area contributed by atoms with Gasteiger partial charge in [0.25, 0.3) is 0 Å². The molecule has 0 aromatic carbocycles. The van der Waals surface area contributed by atoms with Crippen LogP contribution in [0.15, 0.2) is 0 Å². The third kappa shape index (κ3) is 21.3. The van der Waals surface area contributed by atoms with Gasteiger partial charge in [0.05, 0.1) is 46.2 Å². The summed E-state index contributed by atoms with van der Waals surface area (Å²) in [4.78, 5) is 11.1. The summed E-state index contributed by atoms with van der Waals surface area (Å²) in [7, 11) is 0. The third-order valence-corrected chi connectivity index (χ3v) is 3.45. The molecule has 0 radical (unpaired) electrons. The van der Waals surface area contributed by atoms with E-state index in [0.717, 1.165) is 19.4 Å². The summed E-state index contributed by atoms with van der Waals surface area (Å²) in [5.41, 5.74) is 0. The average Bonchev–Trinajstić information content (AvgIpc) is 2.62. The lowest BCUT2D eigenvalue weighted by molar-refractivity contribution is -0.149. The van der Waals surface area contributed by atoms with Crippen LogP contribution in [-0.2, 0) is 28.5 Å². The Balaban J connectivity index is 3.04. The van der Waals surface area contributed by atoms with Crippen molar-refractivity contribution in [2.75, 3.05) is 59.5 Å². The van der Waals surface area contributed by atoms with Crippen LogP contribution in [0, 0.1) is 0 Å². The maximum atomic E-state index is 11.1. The predicted molar refractivity (Wildman–Crippen MR) is 97.9 cm³/mol. The minimum absolute atomic E-state index is 0.0181. The zero-order chi connectivity index (χ0) is 18.4. The number of rotatable bonds is 20. The molecule has 0 amide bonds. The van der Waals surface area contributed by atoms with Crippen molar-refractivity contribution in [2.45, 2.75) is 58.8 Å². The molecule has 0 aliphatic carbocycles. The molecule has 0 atom stereocenters. The lowest BCUT2D eigenvalue weighted by Gasteiger charge is -2.07. The van der Waals surface area contributed by atoms with E-state index in [-0.39, 0.29) is 12.6 Å². The SMILES string of the molecule is CCCCCCCCOCCOCCOCCOCC(=O)OCCC. The minimum Gasteiger partial charge on any atom is -0.464 e. The van der Waals surface area contributed by atoms with Gasteiger partial charge in [-0.2, -0.15) is 0 Å². The topological polar surface area (TPSA) is 63.2 Å². The molecule has 0 saturated carbocycles. The first kappa shape index (κ1) is 24.3. The van der Waals surface area contributed by atoms with Crippen molar-refractivity contribution in [2.24, 2.45) is 0 Å². The highest BCUT2D eigenvalue weighted by Gasteiger charge is 2.01. The molecule has 0 N–H and O–H groups in total. The summed E-state index contributed by atoms with van der Waals surface area (Å²) in [6.45, 7) is 8.54. The molecule has 0 bridgehead atoms. The number of ether oxygens (including phenoxy) is 5. The van der Waals surface area contributed by atoms with Gasteiger partial charge in [0, 0.05) is 6.61 Å². The molecular weight excluding hydrogens is 324 g/mol. The van der Waals surface area contributed by atoms with Crippen LogP contribution in [0.25, 0.3) is 0 Å². The lowest BCUT2D eigenvalue weighted by Crippen LogP contribution is -2.16. The first-order valence-corrected chi connectivity index (χ1v) is 9.77. The second kappa shape index (κ2) is 21.4. The quantitative estimate of drug-likeness (QED) is 0.244. The summed E-state index contributed by atoms with van der Waals surface area (Å²) in [5.74, 6) is -0.328. The molecule has 0 aliphatic heterocycles. The molecule has 0 spiro atoms. The highest BCUT2D eigenvalue weighted by atomic mass is 16.6. The van der Waals surface area contributed by atoms with Crippen LogP contribution in [-0.4, -0.2) is 65.4 Å². The van der Waals surface area contributed by atoms with Crippen molar-refractivity contribution >= 4 is 5.97 Å². The zero-order valence-corrected chi connectivity index (χ0v) is 16.3. The molecule has 0 aromatic heterocycles. The Morgan fingerprint density at radius 2 is 1.08 bits per heavy atom. The van der Waals surface area contributed by atoms with Crippen LogP contribution >= 0.6 is 0 Å². The van der Waals surface area contributed by atoms with Crippen molar-refractivity contribution < 1.29 is 28.5 Å². The van der Waals surface area contributed by atoms with Gasteiger partial charge >= 0.3 is 5.97 Å². The van der Waals surface area contributed by atoms with Gasteiger partial charge in [-0.1, -0.05) is 46.0 Å². The van der Waals surface area contributed by atoms with E-state index in [2.05, 4.69) is 6.92 Å². The van der Waals surface area contributed by atoms with Crippen molar-refractivity contribution in [1.82, 2.24) is 0 Å². The molecule has 0 unspecified atom stereocenters. The van der Waals surface area contributed by atoms with Gasteiger partial charge in [0.15, 0.2) is 0 Å². The Hall–Kier alpha value is -0.690. The van der Waals surface area contributed by atoms with E-state index < -0.39 is 0 Å². The van der Waals surface area contributed by atoms with Gasteiger partial charge in [-0.25, -0.2) is 4.79 Å². The fourth-order valence-electron chi connectivity index (χ4n) is 2.06. The highest BCUT2D eigenvalue weighted by Crippen LogP contribution is 2.04. The van der Waals surface area contributed by atoms with Gasteiger partial charge in [-0.3, -0.25) is 0 Å². The van der Waals surface area contributed by atoms with Crippen LogP contribution < -0.4 is 0 Å². The van der Waals surface area contributed by atoms with Crippen LogP contribution in [0.3, 0.4) is 0 Å². The number of unbranched alkanes of at least 4 members (excludes halogenated alkanes) is 5. The molecular formula is C19H38O6. The minimum atomic E-state index is -0.328.